The van der Waals surface area contributed by atoms with Crippen molar-refractivity contribution in [1.82, 2.24) is 9.80 Å². The van der Waals surface area contributed by atoms with Crippen LogP contribution in [0.3, 0.4) is 0 Å². The molecule has 1 spiro atoms. The van der Waals surface area contributed by atoms with Crippen molar-refractivity contribution in [2.24, 2.45) is 11.8 Å². The van der Waals surface area contributed by atoms with Gasteiger partial charge in [0.05, 0.1) is 30.6 Å². The standard InChI is InChI=1S/C30H41N3O5/c1-6-12-20(4)31(17-7-2)29(37)26-30-16-15-23(38-30)24(25(30)28(36)33(26)21(5)19-34)27(35)32(18-8-3)22-13-10-9-11-14-22/h7-11,13-14,20-21,23-26,34H,2-3,6,12,15-19H2,1,4-5H3/t20?,21-,23-,24+,25+,26?,30?/m1/s1. The quantitative estimate of drug-likeness (QED) is 0.425. The van der Waals surface area contributed by atoms with Crippen molar-refractivity contribution < 1.29 is 24.2 Å². The molecule has 0 aromatic heterocycles. The predicted octanol–water partition coefficient (Wildman–Crippen LogP) is 3.16. The zero-order valence-corrected chi connectivity index (χ0v) is 22.8. The fraction of sp³-hybridized carbons (Fsp3) is 0.567. The average Bonchev–Trinajstić information content (AvgIpc) is 3.57. The van der Waals surface area contributed by atoms with Crippen LogP contribution in [0.4, 0.5) is 5.69 Å². The van der Waals surface area contributed by atoms with E-state index in [0.29, 0.717) is 25.9 Å². The number of rotatable bonds is 12. The Morgan fingerprint density at radius 3 is 2.47 bits per heavy atom. The number of aliphatic hydroxyl groups is 1. The maximum absolute atomic E-state index is 14.3. The third kappa shape index (κ3) is 4.47. The average molecular weight is 524 g/mol. The number of amides is 3. The number of hydrogen-bond acceptors (Lipinski definition) is 5. The lowest BCUT2D eigenvalue weighted by Crippen LogP contribution is -2.59. The first kappa shape index (κ1) is 28.0. The zero-order chi connectivity index (χ0) is 27.6. The van der Waals surface area contributed by atoms with E-state index in [9.17, 15) is 19.5 Å². The van der Waals surface area contributed by atoms with Crippen LogP contribution < -0.4 is 4.90 Å². The number of hydrogen-bond donors (Lipinski definition) is 1. The second-order valence-corrected chi connectivity index (χ2v) is 10.8. The number of fused-ring (bicyclic) bond motifs is 1. The molecule has 3 unspecified atom stereocenters. The lowest BCUT2D eigenvalue weighted by atomic mass is 9.70. The second kappa shape index (κ2) is 11.4. The van der Waals surface area contributed by atoms with Crippen LogP contribution in [0.25, 0.3) is 0 Å². The largest absolute Gasteiger partial charge is 0.394 e. The summed E-state index contributed by atoms with van der Waals surface area (Å²) in [7, 11) is 0. The number of carbonyl (C=O) groups is 3. The normalized spacial score (nSPS) is 29.1. The van der Waals surface area contributed by atoms with Gasteiger partial charge in [-0.2, -0.15) is 0 Å². The van der Waals surface area contributed by atoms with Gasteiger partial charge in [-0.05, 0) is 45.2 Å². The van der Waals surface area contributed by atoms with E-state index in [0.717, 1.165) is 18.5 Å². The molecule has 0 saturated carbocycles. The Kier molecular flexibility index (Phi) is 8.43. The summed E-state index contributed by atoms with van der Waals surface area (Å²) < 4.78 is 6.59. The predicted molar refractivity (Wildman–Crippen MR) is 146 cm³/mol. The molecule has 3 aliphatic rings. The third-order valence-corrected chi connectivity index (χ3v) is 8.49. The minimum absolute atomic E-state index is 0.0560. The highest BCUT2D eigenvalue weighted by Gasteiger charge is 2.75. The minimum Gasteiger partial charge on any atom is -0.394 e. The molecular weight excluding hydrogens is 482 g/mol. The summed E-state index contributed by atoms with van der Waals surface area (Å²) in [5, 5.41) is 10.1. The van der Waals surface area contributed by atoms with Crippen molar-refractivity contribution in [2.75, 3.05) is 24.6 Å². The molecule has 7 atom stereocenters. The molecule has 38 heavy (non-hydrogen) atoms. The van der Waals surface area contributed by atoms with E-state index in [1.165, 1.54) is 4.90 Å². The third-order valence-electron chi connectivity index (χ3n) is 8.49. The van der Waals surface area contributed by atoms with E-state index in [-0.39, 0.29) is 30.4 Å². The number of ether oxygens (including phenoxy) is 1. The summed E-state index contributed by atoms with van der Waals surface area (Å²) in [6, 6.07) is 7.77. The summed E-state index contributed by atoms with van der Waals surface area (Å²) in [6.45, 7) is 13.8. The lowest BCUT2D eigenvalue weighted by Gasteiger charge is -2.40. The summed E-state index contributed by atoms with van der Waals surface area (Å²) >= 11 is 0. The van der Waals surface area contributed by atoms with Crippen molar-refractivity contribution in [3.63, 3.8) is 0 Å². The van der Waals surface area contributed by atoms with Gasteiger partial charge in [-0.25, -0.2) is 0 Å². The second-order valence-electron chi connectivity index (χ2n) is 10.8. The van der Waals surface area contributed by atoms with Crippen molar-refractivity contribution in [3.05, 3.63) is 55.6 Å². The molecular formula is C30H41N3O5. The molecule has 3 saturated heterocycles. The highest BCUT2D eigenvalue weighted by Crippen LogP contribution is 2.59. The maximum atomic E-state index is 14.3. The minimum atomic E-state index is -1.11. The van der Waals surface area contributed by atoms with Gasteiger partial charge in [-0.1, -0.05) is 43.7 Å². The van der Waals surface area contributed by atoms with Crippen LogP contribution in [-0.4, -0.2) is 82.2 Å². The van der Waals surface area contributed by atoms with E-state index in [2.05, 4.69) is 20.1 Å². The Bertz CT molecular complexity index is 1060. The Morgan fingerprint density at radius 1 is 1.18 bits per heavy atom. The number of likely N-dealkylation sites (tertiary alicyclic amines) is 1. The van der Waals surface area contributed by atoms with Gasteiger partial charge >= 0.3 is 0 Å². The highest BCUT2D eigenvalue weighted by atomic mass is 16.5. The van der Waals surface area contributed by atoms with Gasteiger partial charge in [0.25, 0.3) is 0 Å². The van der Waals surface area contributed by atoms with Crippen molar-refractivity contribution in [1.29, 1.82) is 0 Å². The smallest absolute Gasteiger partial charge is 0.248 e. The van der Waals surface area contributed by atoms with Crippen LogP contribution in [0.2, 0.25) is 0 Å². The summed E-state index contributed by atoms with van der Waals surface area (Å²) in [5.41, 5.74) is -0.386. The Labute approximate surface area is 225 Å². The fourth-order valence-corrected chi connectivity index (χ4v) is 6.81. The van der Waals surface area contributed by atoms with Crippen LogP contribution in [0.15, 0.2) is 55.6 Å². The highest BCUT2D eigenvalue weighted by molar-refractivity contribution is 6.03. The molecule has 2 bridgehead atoms. The maximum Gasteiger partial charge on any atom is 0.248 e. The van der Waals surface area contributed by atoms with Gasteiger partial charge in [0, 0.05) is 24.8 Å². The summed E-state index contributed by atoms with van der Waals surface area (Å²) in [6.07, 6.45) is 5.74. The monoisotopic (exact) mass is 523 g/mol. The molecule has 1 N–H and O–H groups in total. The fourth-order valence-electron chi connectivity index (χ4n) is 6.81. The van der Waals surface area contributed by atoms with Gasteiger partial charge < -0.3 is 24.5 Å². The number of anilines is 1. The van der Waals surface area contributed by atoms with Crippen LogP contribution >= 0.6 is 0 Å². The molecule has 3 fully saturated rings. The molecule has 0 aliphatic carbocycles. The molecule has 0 radical (unpaired) electrons. The number of carbonyl (C=O) groups excluding carboxylic acids is 3. The van der Waals surface area contributed by atoms with Gasteiger partial charge in [0.2, 0.25) is 17.7 Å². The summed E-state index contributed by atoms with van der Waals surface area (Å²) in [5.74, 6) is -2.21. The van der Waals surface area contributed by atoms with Gasteiger partial charge in [-0.3, -0.25) is 14.4 Å². The summed E-state index contributed by atoms with van der Waals surface area (Å²) in [4.78, 5) is 47.5. The van der Waals surface area contributed by atoms with Crippen LogP contribution in [0, 0.1) is 11.8 Å². The first-order valence-corrected chi connectivity index (χ1v) is 13.8. The Morgan fingerprint density at radius 2 is 1.87 bits per heavy atom. The molecule has 8 heteroatoms. The van der Waals surface area contributed by atoms with Crippen LogP contribution in [0.1, 0.15) is 46.5 Å². The molecule has 4 rings (SSSR count). The van der Waals surface area contributed by atoms with Gasteiger partial charge in [0.15, 0.2) is 0 Å². The van der Waals surface area contributed by atoms with Crippen LogP contribution in [-0.2, 0) is 19.1 Å². The Balaban J connectivity index is 1.76. The molecule has 206 valence electrons. The van der Waals surface area contributed by atoms with Crippen molar-refractivity contribution in [2.45, 2.75) is 76.3 Å². The van der Waals surface area contributed by atoms with Crippen molar-refractivity contribution >= 4 is 23.4 Å². The molecule has 1 aromatic carbocycles. The number of nitrogens with zero attached hydrogens (tertiary/aromatic N) is 3. The molecule has 3 aliphatic heterocycles. The van der Waals surface area contributed by atoms with E-state index in [4.69, 9.17) is 4.74 Å². The van der Waals surface area contributed by atoms with E-state index >= 15 is 0 Å². The first-order chi connectivity index (χ1) is 18.3. The number of aliphatic hydroxyl groups excluding tert-OH is 1. The molecule has 8 nitrogen and oxygen atoms in total. The number of benzene rings is 1. The van der Waals surface area contributed by atoms with E-state index < -0.39 is 35.6 Å². The first-order valence-electron chi connectivity index (χ1n) is 13.8. The lowest BCUT2D eigenvalue weighted by molar-refractivity contribution is -0.152. The van der Waals surface area contributed by atoms with Crippen molar-refractivity contribution in [3.8, 4) is 0 Å². The molecule has 1 aromatic rings. The Hall–Kier alpha value is -2.97. The molecule has 3 amide bonds. The SMILES string of the molecule is C=CCN(C(=O)[C@@H]1[C@H]2C(=O)N([C@H](C)CO)C(C(=O)N(CC=C)C(C)CCC)C23CC[C@H]1O3)c1ccccc1. The van der Waals surface area contributed by atoms with E-state index in [1.54, 1.807) is 28.9 Å². The van der Waals surface area contributed by atoms with Crippen LogP contribution in [0.5, 0.6) is 0 Å². The van der Waals surface area contributed by atoms with E-state index in [1.807, 2.05) is 37.3 Å². The number of para-hydroxylation sites is 1. The topological polar surface area (TPSA) is 90.4 Å². The van der Waals surface area contributed by atoms with Gasteiger partial charge in [0.1, 0.15) is 11.6 Å². The van der Waals surface area contributed by atoms with Gasteiger partial charge in [-0.15, -0.1) is 13.2 Å². The molecule has 3 heterocycles. The zero-order valence-electron chi connectivity index (χ0n) is 22.8.